The summed E-state index contributed by atoms with van der Waals surface area (Å²) in [6.45, 7) is 6.30. The molecule has 1 fully saturated rings. The molecule has 1 saturated heterocycles. The van der Waals surface area contributed by atoms with E-state index in [1.54, 1.807) is 13.8 Å². The highest BCUT2D eigenvalue weighted by molar-refractivity contribution is 7.90. The van der Waals surface area contributed by atoms with Gasteiger partial charge in [0, 0.05) is 23.9 Å². The zero-order valence-corrected chi connectivity index (χ0v) is 15.6. The molecule has 3 rings (SSSR count). The van der Waals surface area contributed by atoms with Gasteiger partial charge in [-0.2, -0.15) is 0 Å². The summed E-state index contributed by atoms with van der Waals surface area (Å²) in [4.78, 5) is 4.23. The summed E-state index contributed by atoms with van der Waals surface area (Å²) in [5.41, 5.74) is 4.37. The third kappa shape index (κ3) is 4.08. The second-order valence-corrected chi connectivity index (χ2v) is 9.10. The van der Waals surface area contributed by atoms with Crippen molar-refractivity contribution in [3.8, 4) is 11.1 Å². The van der Waals surface area contributed by atoms with E-state index >= 15 is 0 Å². The molecule has 1 aromatic carbocycles. The second kappa shape index (κ2) is 7.23. The molecule has 0 saturated carbocycles. The van der Waals surface area contributed by atoms with Crippen LogP contribution in [0.1, 0.15) is 30.9 Å². The monoisotopic (exact) mass is 360 g/mol. The summed E-state index contributed by atoms with van der Waals surface area (Å²) in [6, 6.07) is 10.1. The molecule has 134 valence electrons. The fourth-order valence-corrected chi connectivity index (χ4v) is 3.91. The topological polar surface area (TPSA) is 68.3 Å². The third-order valence-corrected chi connectivity index (χ3v) is 6.44. The predicted molar refractivity (Wildman–Crippen MR) is 98.9 cm³/mol. The molecular formula is C19H24N2O3S. The van der Waals surface area contributed by atoms with Gasteiger partial charge < -0.3 is 4.74 Å². The van der Waals surface area contributed by atoms with Crippen molar-refractivity contribution in [2.75, 3.05) is 13.2 Å². The first-order chi connectivity index (χ1) is 11.9. The number of rotatable bonds is 5. The number of hydrogen-bond acceptors (Lipinski definition) is 4. The van der Waals surface area contributed by atoms with Crippen molar-refractivity contribution in [1.82, 2.24) is 9.71 Å². The number of aryl methyl sites for hydroxylation is 1. The zero-order chi connectivity index (χ0) is 18.0. The predicted octanol–water partition coefficient (Wildman–Crippen LogP) is 2.87. The molecule has 0 bridgehead atoms. The van der Waals surface area contributed by atoms with Gasteiger partial charge in [0.05, 0.1) is 24.5 Å². The van der Waals surface area contributed by atoms with Gasteiger partial charge in [0.15, 0.2) is 0 Å². The van der Waals surface area contributed by atoms with Crippen molar-refractivity contribution in [2.24, 2.45) is 0 Å². The van der Waals surface area contributed by atoms with Gasteiger partial charge in [-0.1, -0.05) is 24.3 Å². The number of aromatic nitrogens is 1. The molecule has 0 amide bonds. The van der Waals surface area contributed by atoms with Crippen LogP contribution in [-0.4, -0.2) is 37.9 Å². The van der Waals surface area contributed by atoms with Crippen molar-refractivity contribution in [3.05, 3.63) is 53.9 Å². The van der Waals surface area contributed by atoms with E-state index in [2.05, 4.69) is 27.9 Å². The lowest BCUT2D eigenvalue weighted by Gasteiger charge is -2.21. The lowest BCUT2D eigenvalue weighted by atomic mass is 9.93. The third-order valence-electron chi connectivity index (χ3n) is 4.56. The molecule has 5 nitrogen and oxygen atoms in total. The van der Waals surface area contributed by atoms with E-state index in [0.717, 1.165) is 22.3 Å². The molecule has 0 aliphatic carbocycles. The van der Waals surface area contributed by atoms with E-state index in [9.17, 15) is 8.42 Å². The highest BCUT2D eigenvalue weighted by Gasteiger charge is 2.33. The highest BCUT2D eigenvalue weighted by atomic mass is 32.2. The van der Waals surface area contributed by atoms with E-state index in [1.165, 1.54) is 0 Å². The molecule has 0 spiro atoms. The first kappa shape index (κ1) is 18.0. The zero-order valence-electron chi connectivity index (χ0n) is 14.8. The first-order valence-electron chi connectivity index (χ1n) is 8.47. The van der Waals surface area contributed by atoms with Crippen molar-refractivity contribution < 1.29 is 13.2 Å². The molecule has 6 heteroatoms. The Kier molecular flexibility index (Phi) is 5.22. The Labute approximate surface area is 149 Å². The minimum absolute atomic E-state index is 0.0261. The summed E-state index contributed by atoms with van der Waals surface area (Å²) in [5, 5.41) is -0.454. The minimum atomic E-state index is -3.32. The molecule has 2 heterocycles. The van der Waals surface area contributed by atoms with E-state index in [-0.39, 0.29) is 12.0 Å². The van der Waals surface area contributed by atoms with Crippen LogP contribution in [0, 0.1) is 6.92 Å². The van der Waals surface area contributed by atoms with Crippen molar-refractivity contribution >= 4 is 10.0 Å². The van der Waals surface area contributed by atoms with Crippen LogP contribution in [-0.2, 0) is 14.8 Å². The Bertz CT molecular complexity index is 832. The maximum absolute atomic E-state index is 12.2. The standard InChI is InChI=1S/C19H24N2O3S/c1-13(2)25(22,23)21-19-12-24-11-18(19)16-6-4-15(5-7-16)17-8-14(3)9-20-10-17/h4-10,13,18-19,21H,11-12H2,1-3H3. The smallest absolute Gasteiger partial charge is 0.214 e. The Morgan fingerprint density at radius 2 is 1.84 bits per heavy atom. The number of nitrogens with zero attached hydrogens (tertiary/aromatic N) is 1. The lowest BCUT2D eigenvalue weighted by Crippen LogP contribution is -2.42. The van der Waals surface area contributed by atoms with Gasteiger partial charge in [0.1, 0.15) is 0 Å². The average Bonchev–Trinajstić information content (AvgIpc) is 3.02. The molecule has 2 unspecified atom stereocenters. The maximum atomic E-state index is 12.2. The number of pyridine rings is 1. The quantitative estimate of drug-likeness (QED) is 0.890. The molecule has 1 aromatic heterocycles. The van der Waals surface area contributed by atoms with Crippen LogP contribution in [0.15, 0.2) is 42.7 Å². The number of nitrogens with one attached hydrogen (secondary N) is 1. The summed E-state index contributed by atoms with van der Waals surface area (Å²) in [5.74, 6) is 0.0261. The van der Waals surface area contributed by atoms with Crippen LogP contribution in [0.4, 0.5) is 0 Å². The summed E-state index contributed by atoms with van der Waals surface area (Å²) < 4.78 is 32.7. The van der Waals surface area contributed by atoms with Crippen LogP contribution < -0.4 is 4.72 Å². The second-order valence-electron chi connectivity index (χ2n) is 6.84. The van der Waals surface area contributed by atoms with Gasteiger partial charge in [0.2, 0.25) is 10.0 Å². The minimum Gasteiger partial charge on any atom is -0.379 e. The molecule has 25 heavy (non-hydrogen) atoms. The number of ether oxygens (including phenoxy) is 1. The summed E-state index contributed by atoms with van der Waals surface area (Å²) in [7, 11) is -3.32. The largest absolute Gasteiger partial charge is 0.379 e. The van der Waals surface area contributed by atoms with Crippen LogP contribution >= 0.6 is 0 Å². The fraction of sp³-hybridized carbons (Fsp3) is 0.421. The van der Waals surface area contributed by atoms with E-state index < -0.39 is 15.3 Å². The van der Waals surface area contributed by atoms with Crippen LogP contribution in [0.25, 0.3) is 11.1 Å². The van der Waals surface area contributed by atoms with E-state index in [1.807, 2.05) is 31.5 Å². The lowest BCUT2D eigenvalue weighted by molar-refractivity contribution is 0.189. The van der Waals surface area contributed by atoms with Crippen molar-refractivity contribution in [1.29, 1.82) is 0 Å². The first-order valence-corrected chi connectivity index (χ1v) is 10.0. The molecule has 1 N–H and O–H groups in total. The van der Waals surface area contributed by atoms with Gasteiger partial charge >= 0.3 is 0 Å². The molecular weight excluding hydrogens is 336 g/mol. The summed E-state index contributed by atoms with van der Waals surface area (Å²) in [6.07, 6.45) is 3.68. The van der Waals surface area contributed by atoms with Gasteiger partial charge in [-0.3, -0.25) is 4.98 Å². The van der Waals surface area contributed by atoms with Crippen LogP contribution in [0.5, 0.6) is 0 Å². The molecule has 2 atom stereocenters. The number of hydrogen-bond donors (Lipinski definition) is 1. The highest BCUT2D eigenvalue weighted by Crippen LogP contribution is 2.29. The molecule has 1 aliphatic rings. The number of benzene rings is 1. The van der Waals surface area contributed by atoms with Gasteiger partial charge in [0.25, 0.3) is 0 Å². The van der Waals surface area contributed by atoms with E-state index in [4.69, 9.17) is 4.74 Å². The van der Waals surface area contributed by atoms with Gasteiger partial charge in [-0.25, -0.2) is 13.1 Å². The normalized spacial score (nSPS) is 21.0. The Morgan fingerprint density at radius 1 is 1.12 bits per heavy atom. The maximum Gasteiger partial charge on any atom is 0.214 e. The SMILES string of the molecule is Cc1cncc(-c2ccc(C3COCC3NS(=O)(=O)C(C)C)cc2)c1. The van der Waals surface area contributed by atoms with Crippen molar-refractivity contribution in [2.45, 2.75) is 38.0 Å². The summed E-state index contributed by atoms with van der Waals surface area (Å²) >= 11 is 0. The number of sulfonamides is 1. The molecule has 1 aliphatic heterocycles. The Balaban J connectivity index is 1.79. The van der Waals surface area contributed by atoms with Crippen molar-refractivity contribution in [3.63, 3.8) is 0 Å². The van der Waals surface area contributed by atoms with Gasteiger partial charge in [-0.05, 0) is 43.5 Å². The van der Waals surface area contributed by atoms with Crippen LogP contribution in [0.3, 0.4) is 0 Å². The van der Waals surface area contributed by atoms with E-state index in [0.29, 0.717) is 13.2 Å². The average molecular weight is 360 g/mol. The Morgan fingerprint density at radius 3 is 2.48 bits per heavy atom. The van der Waals surface area contributed by atoms with Crippen LogP contribution in [0.2, 0.25) is 0 Å². The van der Waals surface area contributed by atoms with Gasteiger partial charge in [-0.15, -0.1) is 0 Å². The Hall–Kier alpha value is -1.76. The fourth-order valence-electron chi connectivity index (χ4n) is 2.98. The molecule has 2 aromatic rings. The molecule has 0 radical (unpaired) electrons.